The molecule has 9 aliphatic heterocycles. The van der Waals surface area contributed by atoms with Crippen molar-refractivity contribution in [1.82, 2.24) is 49.0 Å². The van der Waals surface area contributed by atoms with Crippen LogP contribution in [0.1, 0.15) is 169 Å². The molecule has 0 aliphatic carbocycles. The molecule has 0 unspecified atom stereocenters. The van der Waals surface area contributed by atoms with E-state index in [0.717, 1.165) is 221 Å². The molecule has 0 saturated carbocycles. The number of benzene rings is 5. The minimum Gasteiger partial charge on any atom is -0.494 e. The minimum absolute atomic E-state index is 0.124. The van der Waals surface area contributed by atoms with Gasteiger partial charge >= 0.3 is 6.03 Å². The predicted molar refractivity (Wildman–Crippen MR) is 445 cm³/mol. The molecule has 0 bridgehead atoms. The first kappa shape index (κ1) is 86.7. The van der Waals surface area contributed by atoms with Gasteiger partial charge in [0.1, 0.15) is 23.0 Å². The van der Waals surface area contributed by atoms with E-state index in [4.69, 9.17) is 33.2 Å². The first-order valence-corrected chi connectivity index (χ1v) is 42.8. The lowest BCUT2D eigenvalue weighted by atomic mass is 10.0. The summed E-state index contributed by atoms with van der Waals surface area (Å²) in [7, 11) is 1.77. The van der Waals surface area contributed by atoms with Crippen molar-refractivity contribution in [3.05, 3.63) is 154 Å². The molecule has 8 fully saturated rings. The second kappa shape index (κ2) is 46.5. The Morgan fingerprint density at radius 3 is 1.15 bits per heavy atom. The topological polar surface area (TPSA) is 182 Å². The summed E-state index contributed by atoms with van der Waals surface area (Å²) in [5, 5.41) is 0. The third kappa shape index (κ3) is 28.0. The summed E-state index contributed by atoms with van der Waals surface area (Å²) in [6.07, 6.45) is 16.7. The Morgan fingerprint density at radius 1 is 0.381 bits per heavy atom. The van der Waals surface area contributed by atoms with Crippen LogP contribution in [0.3, 0.4) is 0 Å². The zero-order valence-electron chi connectivity index (χ0n) is 68.9. The Kier molecular flexibility index (Phi) is 35.7. The van der Waals surface area contributed by atoms with E-state index in [2.05, 4.69) is 84.2 Å². The summed E-state index contributed by atoms with van der Waals surface area (Å²) in [6, 6.07) is 39.8. The average molecular weight is 1560 g/mol. The number of hydrogen-bond donors (Lipinski definition) is 0. The molecule has 2 amide bonds. The molecule has 9 heterocycles. The molecule has 14 rings (SSSR count). The third-order valence-corrected chi connectivity index (χ3v) is 24.0. The van der Waals surface area contributed by atoms with Crippen LogP contribution >= 0.6 is 0 Å². The number of rotatable bonds is 34. The number of ketones is 4. The van der Waals surface area contributed by atoms with E-state index in [1.165, 1.54) is 82.1 Å². The standard InChI is InChI=1S/C25H38N4O3.C24H30N2O2.C21H32N2O4.C21H32N2O3/c1-21-6-4-13-27(21)14-5-19-32-23-9-7-22(8-10-23)24(30)20-26-15-17-29(18-16-26)25(31)28-11-2-3-12-28;1-19-6-4-13-26(19)14-5-15-28-23-11-9-20(10-12-23)24(27)18-25-16-21-7-2-3-8-22(21)17-25;1-25-17-19-4-2-9-23(19)10-3-13-27-20-7-5-18(6-8-20)21(24)16-22-11-14-26-15-12-22;1-17-15-19(26-12-4-9-23-8-3-5-18(23)2)6-7-20(17)21(24)16-22-10-13-25-14-11-22/h7-10,21H,2-6,11-20H2,1H3;2-3,7-12,19H,4-6,13-18H2,1H3;5-8,19H,2-4,9-17H2,1H3;6-7,15,18H,3-5,8-14,16H2,1-2H3/t21-;2*19-;18-/m1101/s1. The summed E-state index contributed by atoms with van der Waals surface area (Å²) in [5.74, 6) is 3.99. The second-order valence-corrected chi connectivity index (χ2v) is 32.4. The van der Waals surface area contributed by atoms with Crippen molar-refractivity contribution in [2.24, 2.45) is 0 Å². The van der Waals surface area contributed by atoms with E-state index < -0.39 is 0 Å². The molecule has 0 aromatic heterocycles. The maximum atomic E-state index is 12.7. The van der Waals surface area contributed by atoms with Crippen molar-refractivity contribution >= 4 is 29.2 Å². The highest BCUT2D eigenvalue weighted by molar-refractivity contribution is 6.00. The highest BCUT2D eigenvalue weighted by Gasteiger charge is 2.30. The Bertz CT molecular complexity index is 3650. The van der Waals surface area contributed by atoms with E-state index in [0.29, 0.717) is 89.9 Å². The lowest BCUT2D eigenvalue weighted by Gasteiger charge is -2.36. The largest absolute Gasteiger partial charge is 0.494 e. The van der Waals surface area contributed by atoms with Crippen LogP contribution in [0.2, 0.25) is 0 Å². The number of likely N-dealkylation sites (tertiary alicyclic amines) is 5. The van der Waals surface area contributed by atoms with Crippen LogP contribution in [0.5, 0.6) is 23.0 Å². The number of carbonyl (C=O) groups is 5. The third-order valence-electron chi connectivity index (χ3n) is 24.0. The first-order valence-electron chi connectivity index (χ1n) is 42.8. The fourth-order valence-corrected chi connectivity index (χ4v) is 17.0. The van der Waals surface area contributed by atoms with E-state index in [1.807, 2.05) is 108 Å². The number of aryl methyl sites for hydroxylation is 1. The van der Waals surface area contributed by atoms with Crippen molar-refractivity contribution in [2.45, 2.75) is 155 Å². The Labute approximate surface area is 674 Å². The van der Waals surface area contributed by atoms with Gasteiger partial charge < -0.3 is 57.7 Å². The number of nitrogens with zero attached hydrogens (tertiary/aromatic N) is 10. The number of ether oxygens (including phenoxy) is 7. The molecule has 22 heteroatoms. The smallest absolute Gasteiger partial charge is 0.320 e. The maximum Gasteiger partial charge on any atom is 0.320 e. The van der Waals surface area contributed by atoms with Gasteiger partial charge in [0, 0.05) is 158 Å². The van der Waals surface area contributed by atoms with Gasteiger partial charge in [0.15, 0.2) is 23.1 Å². The highest BCUT2D eigenvalue weighted by Crippen LogP contribution is 2.27. The van der Waals surface area contributed by atoms with E-state index in [1.54, 1.807) is 7.11 Å². The van der Waals surface area contributed by atoms with Crippen LogP contribution in [-0.4, -0.2) is 313 Å². The van der Waals surface area contributed by atoms with E-state index in [9.17, 15) is 24.0 Å². The van der Waals surface area contributed by atoms with E-state index >= 15 is 0 Å². The van der Waals surface area contributed by atoms with Crippen LogP contribution in [0.25, 0.3) is 0 Å². The normalized spacial score (nSPS) is 21.4. The quantitative estimate of drug-likeness (QED) is 0.0280. The molecule has 4 atom stereocenters. The predicted octanol–water partition coefficient (Wildman–Crippen LogP) is 11.9. The van der Waals surface area contributed by atoms with Gasteiger partial charge in [-0.05, 0) is 251 Å². The number of Topliss-reactive ketones (excluding diaryl/α,β-unsaturated/α-hetero) is 4. The number of amides is 2. The van der Waals surface area contributed by atoms with Crippen molar-refractivity contribution in [3.63, 3.8) is 0 Å². The number of hydrogen-bond acceptors (Lipinski definition) is 20. The molecule has 0 N–H and O–H groups in total. The van der Waals surface area contributed by atoms with Gasteiger partial charge in [-0.2, -0.15) is 0 Å². The van der Waals surface area contributed by atoms with Crippen LogP contribution in [0.4, 0.5) is 4.79 Å². The average Bonchev–Trinajstić information content (AvgIpc) is 1.67. The minimum atomic E-state index is 0.124. The van der Waals surface area contributed by atoms with Gasteiger partial charge in [-0.25, -0.2) is 4.79 Å². The summed E-state index contributed by atoms with van der Waals surface area (Å²) in [5.41, 5.74) is 6.69. The molecule has 5 aromatic rings. The summed E-state index contributed by atoms with van der Waals surface area (Å²) < 4.78 is 39.4. The molecule has 22 nitrogen and oxygen atoms in total. The molecule has 8 saturated heterocycles. The lowest BCUT2D eigenvalue weighted by Crippen LogP contribution is -2.53. The first-order chi connectivity index (χ1) is 55.2. The molecule has 618 valence electrons. The van der Waals surface area contributed by atoms with Crippen molar-refractivity contribution < 1.29 is 57.1 Å². The van der Waals surface area contributed by atoms with Crippen LogP contribution in [0.15, 0.2) is 115 Å². The summed E-state index contributed by atoms with van der Waals surface area (Å²) in [6.45, 7) is 36.1. The maximum absolute atomic E-state index is 12.7. The van der Waals surface area contributed by atoms with Gasteiger partial charge in [-0.15, -0.1) is 0 Å². The number of morpholine rings is 2. The number of methoxy groups -OCH3 is 1. The van der Waals surface area contributed by atoms with Gasteiger partial charge in [-0.1, -0.05) is 24.3 Å². The fraction of sp³-hybridized carbons (Fsp3) is 0.615. The highest BCUT2D eigenvalue weighted by atomic mass is 16.5. The SMILES string of the molecule is COC[C@@H]1CCCN1CCCOc1ccc(C(=O)CN2CCOCC2)cc1.C[C@@H]1CCCN1CCCOc1ccc(C(=O)CN2CCN(C(=O)N3CCCC3)CC2)cc1.C[C@@H]1CCCN1CCCOc1ccc(C(=O)CN2Cc3ccccc3C2)cc1.Cc1cc(OCCCN2CCC[C@H]2C)ccc1C(=O)CN1CCOCC1. The second-order valence-electron chi connectivity index (χ2n) is 32.4. The lowest BCUT2D eigenvalue weighted by molar-refractivity contribution is 0.0368. The molecule has 0 spiro atoms. The van der Waals surface area contributed by atoms with Gasteiger partial charge in [0.05, 0.1) is 85.6 Å². The molecule has 113 heavy (non-hydrogen) atoms. The number of carbonyl (C=O) groups excluding carboxylic acids is 5. The number of urea groups is 1. The Hall–Kier alpha value is -7.19. The molecular formula is C91H132N10O12. The van der Waals surface area contributed by atoms with Crippen molar-refractivity contribution in [2.75, 3.05) is 211 Å². The molecular weight excluding hydrogens is 1430 g/mol. The van der Waals surface area contributed by atoms with Crippen LogP contribution < -0.4 is 18.9 Å². The number of fused-ring (bicyclic) bond motifs is 1. The molecule has 9 aliphatic rings. The number of piperazine rings is 1. The van der Waals surface area contributed by atoms with Gasteiger partial charge in [-0.3, -0.25) is 43.7 Å². The zero-order chi connectivity index (χ0) is 78.9. The molecule has 5 aromatic carbocycles. The summed E-state index contributed by atoms with van der Waals surface area (Å²) >= 11 is 0. The Balaban J connectivity index is 0.000000149. The fourth-order valence-electron chi connectivity index (χ4n) is 17.0. The Morgan fingerprint density at radius 2 is 0.743 bits per heavy atom. The summed E-state index contributed by atoms with van der Waals surface area (Å²) in [4.78, 5) is 85.4. The monoisotopic (exact) mass is 1560 g/mol. The van der Waals surface area contributed by atoms with Gasteiger partial charge in [0.2, 0.25) is 0 Å². The zero-order valence-corrected chi connectivity index (χ0v) is 68.9. The molecule has 0 radical (unpaired) electrons. The van der Waals surface area contributed by atoms with Crippen LogP contribution in [-0.2, 0) is 27.3 Å². The van der Waals surface area contributed by atoms with Crippen LogP contribution in [0, 0.1) is 6.92 Å². The van der Waals surface area contributed by atoms with E-state index in [-0.39, 0.29) is 29.2 Å². The van der Waals surface area contributed by atoms with Crippen molar-refractivity contribution in [1.29, 1.82) is 0 Å². The van der Waals surface area contributed by atoms with Crippen molar-refractivity contribution in [3.8, 4) is 23.0 Å². The van der Waals surface area contributed by atoms with Gasteiger partial charge in [0.25, 0.3) is 0 Å².